The summed E-state index contributed by atoms with van der Waals surface area (Å²) >= 11 is 0. The normalized spacial score (nSPS) is 25.5. The molecule has 5 nitrogen and oxygen atoms in total. The Morgan fingerprint density at radius 3 is 2.16 bits per heavy atom. The van der Waals surface area contributed by atoms with Crippen LogP contribution in [0.15, 0.2) is 0 Å². The number of hydrogen-bond donors (Lipinski definition) is 1. The lowest BCUT2D eigenvalue weighted by Crippen LogP contribution is -2.67. The van der Waals surface area contributed by atoms with E-state index in [2.05, 4.69) is 26.1 Å². The van der Waals surface area contributed by atoms with Crippen molar-refractivity contribution in [2.45, 2.75) is 53.4 Å². The predicted octanol–water partition coefficient (Wildman–Crippen LogP) is 0.359. The van der Waals surface area contributed by atoms with Crippen molar-refractivity contribution in [1.29, 1.82) is 0 Å². The van der Waals surface area contributed by atoms with E-state index in [9.17, 15) is 9.59 Å². The highest BCUT2D eigenvalue weighted by Gasteiger charge is 2.55. The molecular weight excluding hydrogens is 262 g/mol. The topological polar surface area (TPSA) is 64.6 Å². The van der Waals surface area contributed by atoms with Crippen molar-refractivity contribution in [3.8, 4) is 0 Å². The lowest BCUT2D eigenvalue weighted by Gasteiger charge is -2.51. The number of β-lactam (4-membered cyclic amide) rings is 1. The third kappa shape index (κ3) is 3.36. The first-order valence-corrected chi connectivity index (χ1v) is 7.35. The van der Waals surface area contributed by atoms with Gasteiger partial charge in [-0.2, -0.15) is 0 Å². The Hall–Kier alpha value is -0.883. The smallest absolute Gasteiger partial charge is 0.304 e. The molecule has 1 aliphatic heterocycles. The fourth-order valence-corrected chi connectivity index (χ4v) is 3.37. The molecule has 0 aromatic carbocycles. The van der Waals surface area contributed by atoms with Gasteiger partial charge in [-0.1, -0.05) is 20.8 Å². The van der Waals surface area contributed by atoms with Gasteiger partial charge in [-0.05, 0) is 19.3 Å². The van der Waals surface area contributed by atoms with Gasteiger partial charge in [0.2, 0.25) is 5.91 Å². The molecule has 110 valence electrons. The summed E-state index contributed by atoms with van der Waals surface area (Å²) in [4.78, 5) is 23.0. The Bertz CT molecular complexity index is 375. The van der Waals surface area contributed by atoms with Gasteiger partial charge in [0, 0.05) is 12.8 Å². The number of hydrogen-bond acceptors (Lipinski definition) is 4. The minimum Gasteiger partial charge on any atom is -0.441 e. The van der Waals surface area contributed by atoms with Crippen LogP contribution < -0.4 is 5.32 Å². The van der Waals surface area contributed by atoms with E-state index in [0.717, 1.165) is 0 Å². The fraction of sp³-hybridized carbons (Fsp3) is 0.846. The number of carbonyl (C=O) groups excluding carboxylic acids is 2. The Balaban J connectivity index is 3.04. The van der Waals surface area contributed by atoms with Gasteiger partial charge in [0.15, 0.2) is 6.23 Å². The first-order valence-electron chi connectivity index (χ1n) is 6.53. The van der Waals surface area contributed by atoms with Gasteiger partial charge in [0.1, 0.15) is 16.4 Å². The highest BCUT2D eigenvalue weighted by Crippen LogP contribution is 2.45. The summed E-state index contributed by atoms with van der Waals surface area (Å²) in [5, 5.41) is 2.65. The van der Waals surface area contributed by atoms with E-state index < -0.39 is 11.8 Å². The maximum absolute atomic E-state index is 11.9. The maximum Gasteiger partial charge on any atom is 0.304 e. The molecule has 0 radical (unpaired) electrons. The Morgan fingerprint density at radius 2 is 1.84 bits per heavy atom. The molecule has 1 aliphatic rings. The predicted molar refractivity (Wildman–Crippen MR) is 75.2 cm³/mol. The molecule has 1 rings (SSSR count). The molecule has 0 aromatic rings. The summed E-state index contributed by atoms with van der Waals surface area (Å²) in [5.74, 6) is -0.839. The zero-order valence-corrected chi connectivity index (χ0v) is 14.9. The summed E-state index contributed by atoms with van der Waals surface area (Å²) in [6.07, 6.45) is -0.537. The van der Waals surface area contributed by atoms with Gasteiger partial charge >= 0.3 is 5.97 Å². The van der Waals surface area contributed by atoms with Crippen LogP contribution in [0.3, 0.4) is 0 Å². The van der Waals surface area contributed by atoms with E-state index in [-0.39, 0.29) is 29.1 Å². The molecule has 1 saturated heterocycles. The average molecular weight is 287 g/mol. The second-order valence-corrected chi connectivity index (χ2v) is 7.12. The molecule has 1 N–H and O–H groups in total. The quantitative estimate of drug-likeness (QED) is 0.461. The van der Waals surface area contributed by atoms with Crippen LogP contribution >= 0.6 is 0 Å². The SMILES string of the molecule is CC(=O)OC1NC(=O)C1C(C(C)(C)C)C(C)(C)O[SiH3]. The standard InChI is InChI=1S/C13H25NO4Si/c1-7(15)17-11-8(10(16)14-11)9(12(2,3)4)13(5,6)18-19/h8-9,11H,1-6,19H3,(H,14,16). The van der Waals surface area contributed by atoms with E-state index >= 15 is 0 Å². The van der Waals surface area contributed by atoms with E-state index in [0.29, 0.717) is 10.5 Å². The number of ether oxygens (including phenoxy) is 1. The first kappa shape index (κ1) is 16.2. The van der Waals surface area contributed by atoms with E-state index in [1.54, 1.807) is 0 Å². The van der Waals surface area contributed by atoms with Gasteiger partial charge in [-0.15, -0.1) is 0 Å². The molecule has 1 fully saturated rings. The highest BCUT2D eigenvalue weighted by atomic mass is 28.2. The molecule has 0 bridgehead atoms. The minimum absolute atomic E-state index is 0.0319. The van der Waals surface area contributed by atoms with Gasteiger partial charge in [0.05, 0.1) is 5.60 Å². The van der Waals surface area contributed by atoms with Crippen molar-refractivity contribution >= 4 is 22.4 Å². The van der Waals surface area contributed by atoms with Crippen LogP contribution in [-0.2, 0) is 18.8 Å². The lowest BCUT2D eigenvalue weighted by molar-refractivity contribution is -0.183. The van der Waals surface area contributed by atoms with E-state index in [1.165, 1.54) is 6.92 Å². The van der Waals surface area contributed by atoms with Crippen LogP contribution in [0.4, 0.5) is 0 Å². The molecule has 6 heteroatoms. The van der Waals surface area contributed by atoms with Crippen molar-refractivity contribution in [3.63, 3.8) is 0 Å². The molecule has 0 aromatic heterocycles. The lowest BCUT2D eigenvalue weighted by atomic mass is 9.63. The zero-order valence-electron chi connectivity index (χ0n) is 12.9. The second kappa shape index (κ2) is 5.24. The molecule has 1 amide bonds. The van der Waals surface area contributed by atoms with Crippen LogP contribution in [0.5, 0.6) is 0 Å². The van der Waals surface area contributed by atoms with Crippen LogP contribution in [0, 0.1) is 17.3 Å². The Kier molecular flexibility index (Phi) is 4.46. The fourth-order valence-electron chi connectivity index (χ4n) is 3.12. The monoisotopic (exact) mass is 287 g/mol. The largest absolute Gasteiger partial charge is 0.441 e. The Labute approximate surface area is 118 Å². The number of carbonyl (C=O) groups is 2. The number of esters is 1. The van der Waals surface area contributed by atoms with Gasteiger partial charge in [0.25, 0.3) is 0 Å². The van der Waals surface area contributed by atoms with Crippen molar-refractivity contribution in [2.24, 2.45) is 17.3 Å². The molecule has 3 atom stereocenters. The summed E-state index contributed by atoms with van der Waals surface area (Å²) < 4.78 is 10.9. The summed E-state index contributed by atoms with van der Waals surface area (Å²) in [6, 6.07) is 0. The molecule has 0 spiro atoms. The highest BCUT2D eigenvalue weighted by molar-refractivity contribution is 5.98. The minimum atomic E-state index is -0.537. The first-order chi connectivity index (χ1) is 8.50. The average Bonchev–Trinajstić information content (AvgIpc) is 2.22. The van der Waals surface area contributed by atoms with Gasteiger partial charge in [-0.25, -0.2) is 0 Å². The molecule has 3 unspecified atom stereocenters. The third-order valence-electron chi connectivity index (χ3n) is 3.77. The maximum atomic E-state index is 11.9. The zero-order chi connectivity index (χ0) is 15.0. The molecule has 0 aliphatic carbocycles. The van der Waals surface area contributed by atoms with Crippen molar-refractivity contribution < 1.29 is 18.8 Å². The van der Waals surface area contributed by atoms with Crippen LogP contribution in [-0.4, -0.2) is 34.2 Å². The van der Waals surface area contributed by atoms with Crippen LogP contribution in [0.1, 0.15) is 41.5 Å². The number of amides is 1. The van der Waals surface area contributed by atoms with Crippen molar-refractivity contribution in [2.75, 3.05) is 0 Å². The summed E-state index contributed by atoms with van der Waals surface area (Å²) in [6.45, 7) is 11.6. The van der Waals surface area contributed by atoms with E-state index in [4.69, 9.17) is 9.16 Å². The van der Waals surface area contributed by atoms with Crippen LogP contribution in [0.25, 0.3) is 0 Å². The molecule has 1 heterocycles. The van der Waals surface area contributed by atoms with Crippen molar-refractivity contribution in [3.05, 3.63) is 0 Å². The molecule has 19 heavy (non-hydrogen) atoms. The van der Waals surface area contributed by atoms with Gasteiger partial charge in [-0.3, -0.25) is 9.59 Å². The number of rotatable bonds is 4. The van der Waals surface area contributed by atoms with Gasteiger partial charge < -0.3 is 14.5 Å². The third-order valence-corrected chi connectivity index (χ3v) is 4.83. The summed E-state index contributed by atoms with van der Waals surface area (Å²) in [7, 11) is 0.597. The van der Waals surface area contributed by atoms with Crippen molar-refractivity contribution in [1.82, 2.24) is 5.32 Å². The Morgan fingerprint density at radius 1 is 1.32 bits per heavy atom. The molecular formula is C13H25NO4Si. The van der Waals surface area contributed by atoms with E-state index in [1.807, 2.05) is 13.8 Å². The number of nitrogens with one attached hydrogen (secondary N) is 1. The van der Waals surface area contributed by atoms with Crippen LogP contribution in [0.2, 0.25) is 0 Å². The second-order valence-electron chi connectivity index (χ2n) is 6.72. The molecule has 0 saturated carbocycles. The summed E-state index contributed by atoms with van der Waals surface area (Å²) in [5.41, 5.74) is -0.556.